The molecule has 21 heavy (non-hydrogen) atoms. The van der Waals surface area contributed by atoms with Gasteiger partial charge in [0.2, 0.25) is 5.91 Å². The summed E-state index contributed by atoms with van der Waals surface area (Å²) in [5.74, 6) is -0.204. The SMILES string of the molecule is C=CCC(=O)N1CCC[C@@](CO)(Cc2ccc(F)cc2)C1. The van der Waals surface area contributed by atoms with Crippen molar-refractivity contribution in [2.24, 2.45) is 5.41 Å². The molecular formula is C17H22FNO2. The highest BCUT2D eigenvalue weighted by Gasteiger charge is 2.36. The molecule has 1 heterocycles. The fourth-order valence-corrected chi connectivity index (χ4v) is 3.04. The number of rotatable bonds is 5. The maximum atomic E-state index is 13.0. The van der Waals surface area contributed by atoms with Crippen LogP contribution in [0.1, 0.15) is 24.8 Å². The molecule has 1 fully saturated rings. The molecule has 0 spiro atoms. The van der Waals surface area contributed by atoms with Crippen molar-refractivity contribution in [3.05, 3.63) is 48.3 Å². The summed E-state index contributed by atoms with van der Waals surface area (Å²) in [6.45, 7) is 4.91. The van der Waals surface area contributed by atoms with Crippen LogP contribution >= 0.6 is 0 Å². The molecule has 1 aromatic carbocycles. The van der Waals surface area contributed by atoms with E-state index >= 15 is 0 Å². The van der Waals surface area contributed by atoms with Crippen LogP contribution < -0.4 is 0 Å². The van der Waals surface area contributed by atoms with E-state index in [1.54, 1.807) is 18.2 Å². The number of nitrogens with zero attached hydrogens (tertiary/aromatic N) is 1. The van der Waals surface area contributed by atoms with Gasteiger partial charge in [-0.1, -0.05) is 18.2 Å². The fraction of sp³-hybridized carbons (Fsp3) is 0.471. The highest BCUT2D eigenvalue weighted by Crippen LogP contribution is 2.33. The average molecular weight is 291 g/mol. The van der Waals surface area contributed by atoms with Gasteiger partial charge in [0.1, 0.15) is 5.82 Å². The number of piperidine rings is 1. The second kappa shape index (κ2) is 6.85. The lowest BCUT2D eigenvalue weighted by Crippen LogP contribution is -2.48. The third-order valence-electron chi connectivity index (χ3n) is 4.16. The van der Waals surface area contributed by atoms with Crippen LogP contribution in [0.4, 0.5) is 4.39 Å². The summed E-state index contributed by atoms with van der Waals surface area (Å²) >= 11 is 0. The number of hydrogen-bond donors (Lipinski definition) is 1. The van der Waals surface area contributed by atoms with Crippen molar-refractivity contribution in [3.8, 4) is 0 Å². The zero-order valence-electron chi connectivity index (χ0n) is 12.2. The zero-order chi connectivity index (χ0) is 15.3. The molecule has 0 bridgehead atoms. The molecule has 0 radical (unpaired) electrons. The topological polar surface area (TPSA) is 40.5 Å². The monoisotopic (exact) mass is 291 g/mol. The van der Waals surface area contributed by atoms with Gasteiger partial charge in [-0.25, -0.2) is 4.39 Å². The minimum absolute atomic E-state index is 0.0300. The van der Waals surface area contributed by atoms with E-state index in [0.29, 0.717) is 19.4 Å². The van der Waals surface area contributed by atoms with Gasteiger partial charge in [0.15, 0.2) is 0 Å². The number of carbonyl (C=O) groups is 1. The van der Waals surface area contributed by atoms with Gasteiger partial charge in [-0.05, 0) is 37.0 Å². The number of carbonyl (C=O) groups excluding carboxylic acids is 1. The predicted octanol–water partition coefficient (Wildman–Crippen LogP) is 2.55. The van der Waals surface area contributed by atoms with Crippen molar-refractivity contribution in [1.29, 1.82) is 0 Å². The molecule has 1 amide bonds. The number of aliphatic hydroxyl groups excluding tert-OH is 1. The lowest BCUT2D eigenvalue weighted by Gasteiger charge is -2.42. The van der Waals surface area contributed by atoms with Gasteiger partial charge in [-0.2, -0.15) is 0 Å². The lowest BCUT2D eigenvalue weighted by atomic mass is 9.75. The zero-order valence-corrected chi connectivity index (χ0v) is 12.2. The molecule has 0 aromatic heterocycles. The molecule has 4 heteroatoms. The number of hydrogen-bond acceptors (Lipinski definition) is 2. The maximum Gasteiger partial charge on any atom is 0.226 e. The summed E-state index contributed by atoms with van der Waals surface area (Å²) in [5.41, 5.74) is 0.663. The van der Waals surface area contributed by atoms with Gasteiger partial charge in [-0.15, -0.1) is 6.58 Å². The molecule has 1 aromatic rings. The van der Waals surface area contributed by atoms with Gasteiger partial charge < -0.3 is 10.0 Å². The quantitative estimate of drug-likeness (QED) is 0.847. The first-order valence-corrected chi connectivity index (χ1v) is 7.32. The molecular weight excluding hydrogens is 269 g/mol. The summed E-state index contributed by atoms with van der Waals surface area (Å²) in [7, 11) is 0. The second-order valence-electron chi connectivity index (χ2n) is 5.87. The van der Waals surface area contributed by atoms with Crippen molar-refractivity contribution in [3.63, 3.8) is 0 Å². The molecule has 1 N–H and O–H groups in total. The first-order valence-electron chi connectivity index (χ1n) is 7.32. The van der Waals surface area contributed by atoms with E-state index in [0.717, 1.165) is 24.9 Å². The molecule has 0 unspecified atom stereocenters. The Hall–Kier alpha value is -1.68. The van der Waals surface area contributed by atoms with Crippen LogP contribution in [0.15, 0.2) is 36.9 Å². The van der Waals surface area contributed by atoms with Gasteiger partial charge >= 0.3 is 0 Å². The lowest BCUT2D eigenvalue weighted by molar-refractivity contribution is -0.134. The molecule has 3 nitrogen and oxygen atoms in total. The highest BCUT2D eigenvalue weighted by atomic mass is 19.1. The standard InChI is InChI=1S/C17H22FNO2/c1-2-4-16(21)19-10-3-9-17(12-19,13-20)11-14-5-7-15(18)8-6-14/h2,5-8,20H,1,3-4,9-13H2/t17-/m1/s1. The Morgan fingerprint density at radius 2 is 2.14 bits per heavy atom. The molecule has 1 aliphatic rings. The summed E-state index contributed by atoms with van der Waals surface area (Å²) in [6.07, 6.45) is 4.35. The summed E-state index contributed by atoms with van der Waals surface area (Å²) in [4.78, 5) is 13.8. The van der Waals surface area contributed by atoms with Crippen LogP contribution in [0.3, 0.4) is 0 Å². The predicted molar refractivity (Wildman–Crippen MR) is 80.3 cm³/mol. The Morgan fingerprint density at radius 3 is 2.76 bits per heavy atom. The molecule has 1 atom stereocenters. The van der Waals surface area contributed by atoms with Crippen LogP contribution in [0.2, 0.25) is 0 Å². The first-order chi connectivity index (χ1) is 10.1. The molecule has 1 aliphatic heterocycles. The number of benzene rings is 1. The fourth-order valence-electron chi connectivity index (χ4n) is 3.04. The van der Waals surface area contributed by atoms with E-state index < -0.39 is 0 Å². The highest BCUT2D eigenvalue weighted by molar-refractivity contribution is 5.77. The van der Waals surface area contributed by atoms with E-state index in [-0.39, 0.29) is 23.7 Å². The van der Waals surface area contributed by atoms with Crippen LogP contribution in [-0.2, 0) is 11.2 Å². The van der Waals surface area contributed by atoms with Gasteiger partial charge in [0.25, 0.3) is 0 Å². The number of amides is 1. The first kappa shape index (κ1) is 15.7. The van der Waals surface area contributed by atoms with E-state index in [1.807, 2.05) is 4.90 Å². The normalized spacial score (nSPS) is 22.1. The maximum absolute atomic E-state index is 13.0. The minimum atomic E-state index is -0.326. The van der Waals surface area contributed by atoms with Gasteiger partial charge in [0.05, 0.1) is 6.61 Å². The Labute approximate surface area is 125 Å². The van der Waals surface area contributed by atoms with E-state index in [4.69, 9.17) is 0 Å². The number of halogens is 1. The van der Waals surface area contributed by atoms with Crippen LogP contribution in [0, 0.1) is 11.2 Å². The summed E-state index contributed by atoms with van der Waals surface area (Å²) < 4.78 is 13.0. The minimum Gasteiger partial charge on any atom is -0.396 e. The molecule has 114 valence electrons. The molecule has 0 aliphatic carbocycles. The van der Waals surface area contributed by atoms with E-state index in [2.05, 4.69) is 6.58 Å². The van der Waals surface area contributed by atoms with E-state index in [1.165, 1.54) is 12.1 Å². The Bertz CT molecular complexity index is 500. The van der Waals surface area contributed by atoms with Crippen molar-refractivity contribution >= 4 is 5.91 Å². The Morgan fingerprint density at radius 1 is 1.43 bits per heavy atom. The number of aliphatic hydroxyl groups is 1. The van der Waals surface area contributed by atoms with Crippen molar-refractivity contribution in [1.82, 2.24) is 4.90 Å². The van der Waals surface area contributed by atoms with Gasteiger partial charge in [-0.3, -0.25) is 4.79 Å². The summed E-state index contributed by atoms with van der Waals surface area (Å²) in [6, 6.07) is 6.36. The number of likely N-dealkylation sites (tertiary alicyclic amines) is 1. The van der Waals surface area contributed by atoms with Crippen molar-refractivity contribution in [2.75, 3.05) is 19.7 Å². The largest absolute Gasteiger partial charge is 0.396 e. The Balaban J connectivity index is 2.10. The van der Waals surface area contributed by atoms with Crippen LogP contribution in [-0.4, -0.2) is 35.6 Å². The van der Waals surface area contributed by atoms with Crippen LogP contribution in [0.5, 0.6) is 0 Å². The average Bonchev–Trinajstić information content (AvgIpc) is 2.50. The third kappa shape index (κ3) is 3.91. The molecule has 1 saturated heterocycles. The smallest absolute Gasteiger partial charge is 0.226 e. The van der Waals surface area contributed by atoms with Crippen LogP contribution in [0.25, 0.3) is 0 Å². The molecule has 0 saturated carbocycles. The second-order valence-corrected chi connectivity index (χ2v) is 5.87. The van der Waals surface area contributed by atoms with Crippen molar-refractivity contribution in [2.45, 2.75) is 25.7 Å². The molecule has 2 rings (SSSR count). The van der Waals surface area contributed by atoms with E-state index in [9.17, 15) is 14.3 Å². The third-order valence-corrected chi connectivity index (χ3v) is 4.16. The summed E-state index contributed by atoms with van der Waals surface area (Å²) in [5, 5.41) is 9.85. The van der Waals surface area contributed by atoms with Gasteiger partial charge in [0, 0.05) is 24.9 Å². The van der Waals surface area contributed by atoms with Crippen molar-refractivity contribution < 1.29 is 14.3 Å². The Kier molecular flexibility index (Phi) is 5.12.